The highest BCUT2D eigenvalue weighted by molar-refractivity contribution is 5.47. The number of aliphatic hydroxyl groups is 1. The Hall–Kier alpha value is -1.02. The van der Waals surface area contributed by atoms with Crippen LogP contribution < -0.4 is 5.32 Å². The van der Waals surface area contributed by atoms with Crippen molar-refractivity contribution < 1.29 is 5.11 Å². The predicted octanol–water partition coefficient (Wildman–Crippen LogP) is 3.74. The smallest absolute Gasteiger partial charge is 0.0658 e. The molecule has 17 heavy (non-hydrogen) atoms. The first-order valence-corrected chi connectivity index (χ1v) is 6.55. The van der Waals surface area contributed by atoms with Crippen molar-refractivity contribution in [2.75, 3.05) is 11.9 Å². The zero-order chi connectivity index (χ0) is 12.7. The average Bonchev–Trinajstić information content (AvgIpc) is 2.29. The van der Waals surface area contributed by atoms with E-state index in [1.54, 1.807) is 0 Å². The van der Waals surface area contributed by atoms with Gasteiger partial charge in [-0.05, 0) is 38.0 Å². The van der Waals surface area contributed by atoms with Crippen LogP contribution in [-0.2, 0) is 0 Å². The predicted molar refractivity (Wildman–Crippen MR) is 74.4 cm³/mol. The molecule has 1 unspecified atom stereocenters. The molecule has 96 valence electrons. The Morgan fingerprint density at radius 1 is 1.29 bits per heavy atom. The van der Waals surface area contributed by atoms with Crippen molar-refractivity contribution in [1.29, 1.82) is 0 Å². The fourth-order valence-electron chi connectivity index (χ4n) is 2.02. The van der Waals surface area contributed by atoms with E-state index >= 15 is 0 Å². The van der Waals surface area contributed by atoms with Crippen molar-refractivity contribution in [2.24, 2.45) is 0 Å². The van der Waals surface area contributed by atoms with E-state index in [9.17, 15) is 5.11 Å². The molecule has 1 aromatic carbocycles. The van der Waals surface area contributed by atoms with Gasteiger partial charge in [-0.15, -0.1) is 0 Å². The van der Waals surface area contributed by atoms with E-state index < -0.39 is 0 Å². The molecule has 0 spiro atoms. The molecular weight excluding hydrogens is 210 g/mol. The van der Waals surface area contributed by atoms with Crippen LogP contribution in [0.4, 0.5) is 5.69 Å². The van der Waals surface area contributed by atoms with Crippen LogP contribution in [0.3, 0.4) is 0 Å². The Morgan fingerprint density at radius 3 is 2.65 bits per heavy atom. The van der Waals surface area contributed by atoms with E-state index in [0.29, 0.717) is 0 Å². The van der Waals surface area contributed by atoms with E-state index in [2.05, 4.69) is 44.3 Å². The molecule has 0 fully saturated rings. The van der Waals surface area contributed by atoms with Crippen molar-refractivity contribution in [2.45, 2.75) is 52.0 Å². The molecule has 0 aliphatic heterocycles. The first kappa shape index (κ1) is 14.0. The lowest BCUT2D eigenvalue weighted by Crippen LogP contribution is -2.38. The number of aliphatic hydroxyl groups excluding tert-OH is 1. The van der Waals surface area contributed by atoms with Crippen LogP contribution in [-0.4, -0.2) is 17.3 Å². The third-order valence-electron chi connectivity index (χ3n) is 3.15. The van der Waals surface area contributed by atoms with Gasteiger partial charge < -0.3 is 10.4 Å². The maximum Gasteiger partial charge on any atom is 0.0658 e. The Morgan fingerprint density at radius 2 is 2.06 bits per heavy atom. The summed E-state index contributed by atoms with van der Waals surface area (Å²) < 4.78 is 0. The Labute approximate surface area is 105 Å². The molecule has 2 heteroatoms. The molecule has 0 saturated carbocycles. The molecule has 1 atom stereocenters. The molecule has 0 bridgehead atoms. The molecule has 0 aliphatic carbocycles. The minimum atomic E-state index is -0.205. The van der Waals surface area contributed by atoms with E-state index in [1.165, 1.54) is 18.4 Å². The fraction of sp³-hybridized carbons (Fsp3) is 0.600. The highest BCUT2D eigenvalue weighted by atomic mass is 16.3. The average molecular weight is 235 g/mol. The second-order valence-corrected chi connectivity index (χ2v) is 5.17. The minimum absolute atomic E-state index is 0.171. The van der Waals surface area contributed by atoms with Crippen LogP contribution in [0.1, 0.15) is 45.1 Å². The summed E-state index contributed by atoms with van der Waals surface area (Å²) in [4.78, 5) is 0. The number of hydrogen-bond acceptors (Lipinski definition) is 2. The number of hydrogen-bond donors (Lipinski definition) is 2. The second kappa shape index (κ2) is 6.65. The number of nitrogens with one attached hydrogen (secondary N) is 1. The molecule has 0 aromatic heterocycles. The lowest BCUT2D eigenvalue weighted by molar-refractivity contribution is 0.212. The van der Waals surface area contributed by atoms with Crippen LogP contribution in [0.5, 0.6) is 0 Å². The quantitative estimate of drug-likeness (QED) is 0.706. The van der Waals surface area contributed by atoms with Gasteiger partial charge in [0, 0.05) is 5.69 Å². The Bertz CT molecular complexity index is 337. The highest BCUT2D eigenvalue weighted by Crippen LogP contribution is 2.21. The summed E-state index contributed by atoms with van der Waals surface area (Å²) >= 11 is 0. The van der Waals surface area contributed by atoms with E-state index in [1.807, 2.05) is 6.07 Å². The molecule has 2 N–H and O–H groups in total. The van der Waals surface area contributed by atoms with Gasteiger partial charge in [0.25, 0.3) is 0 Å². The molecule has 0 radical (unpaired) electrons. The van der Waals surface area contributed by atoms with Gasteiger partial charge in [-0.1, -0.05) is 38.3 Å². The van der Waals surface area contributed by atoms with Crippen molar-refractivity contribution in [3.05, 3.63) is 29.8 Å². The van der Waals surface area contributed by atoms with Gasteiger partial charge in [0.15, 0.2) is 0 Å². The molecule has 2 nitrogen and oxygen atoms in total. The van der Waals surface area contributed by atoms with Crippen LogP contribution >= 0.6 is 0 Å². The molecule has 0 amide bonds. The molecule has 1 rings (SSSR count). The largest absolute Gasteiger partial charge is 0.394 e. The number of rotatable bonds is 7. The lowest BCUT2D eigenvalue weighted by Gasteiger charge is -2.30. The standard InChI is InChI=1S/C15H25NO/c1-4-5-6-10-15(3,12-17)16-14-9-7-8-13(2)11-14/h7-9,11,16-17H,4-6,10,12H2,1-3H3. The number of anilines is 1. The zero-order valence-electron chi connectivity index (χ0n) is 11.3. The summed E-state index contributed by atoms with van der Waals surface area (Å²) in [6.45, 7) is 6.54. The summed E-state index contributed by atoms with van der Waals surface area (Å²) in [7, 11) is 0. The van der Waals surface area contributed by atoms with Gasteiger partial charge in [-0.3, -0.25) is 0 Å². The van der Waals surface area contributed by atoms with Gasteiger partial charge in [0.1, 0.15) is 0 Å². The molecule has 0 aliphatic rings. The highest BCUT2D eigenvalue weighted by Gasteiger charge is 2.22. The van der Waals surface area contributed by atoms with Gasteiger partial charge in [0.2, 0.25) is 0 Å². The molecule has 0 saturated heterocycles. The van der Waals surface area contributed by atoms with E-state index in [-0.39, 0.29) is 12.1 Å². The summed E-state index contributed by atoms with van der Waals surface area (Å²) in [5, 5.41) is 13.0. The molecule has 0 heterocycles. The molecule has 1 aromatic rings. The first-order chi connectivity index (χ1) is 8.09. The fourth-order valence-corrected chi connectivity index (χ4v) is 2.02. The first-order valence-electron chi connectivity index (χ1n) is 6.55. The van der Waals surface area contributed by atoms with Crippen molar-refractivity contribution in [3.8, 4) is 0 Å². The number of unbranched alkanes of at least 4 members (excludes halogenated alkanes) is 2. The van der Waals surface area contributed by atoms with Crippen molar-refractivity contribution >= 4 is 5.69 Å². The van der Waals surface area contributed by atoms with E-state index in [4.69, 9.17) is 0 Å². The summed E-state index contributed by atoms with van der Waals surface area (Å²) in [5.41, 5.74) is 2.13. The topological polar surface area (TPSA) is 32.3 Å². The number of aryl methyl sites for hydroxylation is 1. The number of benzene rings is 1. The SMILES string of the molecule is CCCCCC(C)(CO)Nc1cccc(C)c1. The van der Waals surface area contributed by atoms with Crippen LogP contribution in [0, 0.1) is 6.92 Å². The van der Waals surface area contributed by atoms with Crippen molar-refractivity contribution in [1.82, 2.24) is 0 Å². The third-order valence-corrected chi connectivity index (χ3v) is 3.15. The van der Waals surface area contributed by atoms with Crippen LogP contribution in [0.15, 0.2) is 24.3 Å². The second-order valence-electron chi connectivity index (χ2n) is 5.17. The van der Waals surface area contributed by atoms with Crippen LogP contribution in [0.2, 0.25) is 0 Å². The van der Waals surface area contributed by atoms with Gasteiger partial charge in [-0.2, -0.15) is 0 Å². The maximum atomic E-state index is 9.55. The monoisotopic (exact) mass is 235 g/mol. The van der Waals surface area contributed by atoms with E-state index in [0.717, 1.165) is 18.5 Å². The minimum Gasteiger partial charge on any atom is -0.394 e. The third kappa shape index (κ3) is 4.78. The van der Waals surface area contributed by atoms with Gasteiger partial charge in [-0.25, -0.2) is 0 Å². The Balaban J connectivity index is 2.61. The van der Waals surface area contributed by atoms with Crippen LogP contribution in [0.25, 0.3) is 0 Å². The molecular formula is C15H25NO. The maximum absolute atomic E-state index is 9.55. The Kier molecular flexibility index (Phi) is 5.49. The summed E-state index contributed by atoms with van der Waals surface area (Å²) in [5.74, 6) is 0. The van der Waals surface area contributed by atoms with Crippen molar-refractivity contribution in [3.63, 3.8) is 0 Å². The zero-order valence-corrected chi connectivity index (χ0v) is 11.3. The summed E-state index contributed by atoms with van der Waals surface area (Å²) in [6, 6.07) is 8.30. The summed E-state index contributed by atoms with van der Waals surface area (Å²) in [6.07, 6.45) is 4.61. The lowest BCUT2D eigenvalue weighted by atomic mass is 9.94. The normalized spacial score (nSPS) is 14.4. The van der Waals surface area contributed by atoms with Gasteiger partial charge >= 0.3 is 0 Å². The van der Waals surface area contributed by atoms with Gasteiger partial charge in [0.05, 0.1) is 12.1 Å².